The van der Waals surface area contributed by atoms with E-state index in [0.717, 1.165) is 11.1 Å². The molecule has 0 saturated heterocycles. The highest BCUT2D eigenvalue weighted by Gasteiger charge is 2.15. The Morgan fingerprint density at radius 1 is 1.09 bits per heavy atom. The van der Waals surface area contributed by atoms with Gasteiger partial charge in [-0.2, -0.15) is 0 Å². The molecule has 3 heteroatoms. The summed E-state index contributed by atoms with van der Waals surface area (Å²) in [6.45, 7) is 12.2. The minimum Gasteiger partial charge on any atom is -0.480 e. The molecule has 0 bridgehead atoms. The Morgan fingerprint density at radius 2 is 1.70 bits per heavy atom. The highest BCUT2D eigenvalue weighted by Crippen LogP contribution is 2.27. The fourth-order valence-electron chi connectivity index (χ4n) is 2.35. The van der Waals surface area contributed by atoms with E-state index in [4.69, 9.17) is 4.74 Å². The van der Waals surface area contributed by atoms with Crippen molar-refractivity contribution in [2.45, 2.75) is 33.1 Å². The van der Waals surface area contributed by atoms with Crippen LogP contribution in [0.15, 0.2) is 43.0 Å². The van der Waals surface area contributed by atoms with Crippen LogP contribution < -0.4 is 4.74 Å². The maximum atomic E-state index is 11.6. The van der Waals surface area contributed by atoms with E-state index in [1.807, 2.05) is 0 Å². The van der Waals surface area contributed by atoms with Gasteiger partial charge in [-0.3, -0.25) is 4.79 Å². The van der Waals surface area contributed by atoms with Crippen LogP contribution in [0.2, 0.25) is 0 Å². The standard InChI is InChI=1S/C20H23NO2/c1-13(15-7-9-16(10-8-15)20(3,4)5)18-12-11-17(14(2)22)19(21-18)23-6/h7-12H,1H2,2-6H3. The van der Waals surface area contributed by atoms with E-state index in [1.165, 1.54) is 19.6 Å². The molecule has 2 aromatic rings. The zero-order valence-electron chi connectivity index (χ0n) is 14.4. The summed E-state index contributed by atoms with van der Waals surface area (Å²) in [6.07, 6.45) is 0. The molecule has 3 nitrogen and oxygen atoms in total. The van der Waals surface area contributed by atoms with Crippen molar-refractivity contribution in [2.75, 3.05) is 7.11 Å². The molecule has 0 aliphatic rings. The van der Waals surface area contributed by atoms with Crippen LogP contribution in [-0.2, 0) is 5.41 Å². The number of pyridine rings is 1. The van der Waals surface area contributed by atoms with Crippen LogP contribution in [0.25, 0.3) is 5.57 Å². The maximum absolute atomic E-state index is 11.6. The minimum absolute atomic E-state index is 0.0685. The van der Waals surface area contributed by atoms with Crippen molar-refractivity contribution >= 4 is 11.4 Å². The lowest BCUT2D eigenvalue weighted by atomic mass is 9.86. The smallest absolute Gasteiger partial charge is 0.224 e. The highest BCUT2D eigenvalue weighted by molar-refractivity contribution is 5.96. The molecule has 120 valence electrons. The van der Waals surface area contributed by atoms with E-state index < -0.39 is 0 Å². The molecule has 1 heterocycles. The Labute approximate surface area is 138 Å². The number of hydrogen-bond acceptors (Lipinski definition) is 3. The second-order valence-electron chi connectivity index (χ2n) is 6.62. The summed E-state index contributed by atoms with van der Waals surface area (Å²) in [7, 11) is 1.51. The summed E-state index contributed by atoms with van der Waals surface area (Å²) < 4.78 is 5.22. The zero-order valence-corrected chi connectivity index (χ0v) is 14.4. The first kappa shape index (κ1) is 16.9. The number of Topliss-reactive ketones (excluding diaryl/α,β-unsaturated/α-hetero) is 1. The number of aromatic nitrogens is 1. The number of ketones is 1. The lowest BCUT2D eigenvalue weighted by Gasteiger charge is -2.19. The van der Waals surface area contributed by atoms with Gasteiger partial charge in [0.1, 0.15) is 0 Å². The van der Waals surface area contributed by atoms with Gasteiger partial charge in [0.15, 0.2) is 5.78 Å². The molecular weight excluding hydrogens is 286 g/mol. The Bertz CT molecular complexity index is 737. The molecule has 0 radical (unpaired) electrons. The number of carbonyl (C=O) groups is 1. The van der Waals surface area contributed by atoms with Gasteiger partial charge in [0.05, 0.1) is 18.4 Å². The Hall–Kier alpha value is -2.42. The molecule has 0 atom stereocenters. The van der Waals surface area contributed by atoms with Gasteiger partial charge in [-0.1, -0.05) is 51.6 Å². The number of rotatable bonds is 4. The lowest BCUT2D eigenvalue weighted by Crippen LogP contribution is -2.10. The van der Waals surface area contributed by atoms with Gasteiger partial charge in [-0.15, -0.1) is 0 Å². The predicted molar refractivity (Wildman–Crippen MR) is 94.1 cm³/mol. The molecular formula is C20H23NO2. The van der Waals surface area contributed by atoms with Gasteiger partial charge in [-0.25, -0.2) is 4.98 Å². The Kier molecular flexibility index (Phi) is 4.69. The average Bonchev–Trinajstić information content (AvgIpc) is 2.52. The summed E-state index contributed by atoms with van der Waals surface area (Å²) in [5.41, 5.74) is 4.38. The highest BCUT2D eigenvalue weighted by atomic mass is 16.5. The van der Waals surface area contributed by atoms with E-state index >= 15 is 0 Å². The van der Waals surface area contributed by atoms with Gasteiger partial charge in [0, 0.05) is 5.57 Å². The fourth-order valence-corrected chi connectivity index (χ4v) is 2.35. The summed E-state index contributed by atoms with van der Waals surface area (Å²) in [4.78, 5) is 16.0. The van der Waals surface area contributed by atoms with Crippen molar-refractivity contribution in [3.63, 3.8) is 0 Å². The summed E-state index contributed by atoms with van der Waals surface area (Å²) in [6, 6.07) is 11.9. The number of ether oxygens (including phenoxy) is 1. The SMILES string of the molecule is C=C(c1ccc(C(C)(C)C)cc1)c1ccc(C(C)=O)c(OC)n1. The quantitative estimate of drug-likeness (QED) is 0.772. The van der Waals surface area contributed by atoms with Crippen molar-refractivity contribution < 1.29 is 9.53 Å². The van der Waals surface area contributed by atoms with Crippen LogP contribution in [0.4, 0.5) is 0 Å². The van der Waals surface area contributed by atoms with E-state index in [1.54, 1.807) is 12.1 Å². The first-order chi connectivity index (χ1) is 10.7. The zero-order chi connectivity index (χ0) is 17.2. The third-order valence-electron chi connectivity index (χ3n) is 3.84. The lowest BCUT2D eigenvalue weighted by molar-refractivity contribution is 0.101. The van der Waals surface area contributed by atoms with Crippen LogP contribution in [-0.4, -0.2) is 17.9 Å². The third kappa shape index (κ3) is 3.67. The average molecular weight is 309 g/mol. The Balaban J connectivity index is 2.35. The van der Waals surface area contributed by atoms with Crippen LogP contribution in [0, 0.1) is 0 Å². The van der Waals surface area contributed by atoms with Crippen molar-refractivity contribution in [1.29, 1.82) is 0 Å². The molecule has 0 aliphatic heterocycles. The molecule has 0 fully saturated rings. The van der Waals surface area contributed by atoms with Gasteiger partial charge < -0.3 is 4.74 Å². The summed E-state index contributed by atoms with van der Waals surface area (Å²) in [5.74, 6) is 0.267. The molecule has 0 aliphatic carbocycles. The van der Waals surface area contributed by atoms with E-state index in [2.05, 4.69) is 56.6 Å². The monoisotopic (exact) mass is 309 g/mol. The van der Waals surface area contributed by atoms with E-state index in [-0.39, 0.29) is 11.2 Å². The van der Waals surface area contributed by atoms with Gasteiger partial charge in [0.2, 0.25) is 5.88 Å². The molecule has 0 amide bonds. The van der Waals surface area contributed by atoms with Crippen molar-refractivity contribution in [3.05, 3.63) is 65.4 Å². The van der Waals surface area contributed by atoms with Crippen molar-refractivity contribution in [2.24, 2.45) is 0 Å². The molecule has 0 saturated carbocycles. The van der Waals surface area contributed by atoms with Gasteiger partial charge in [-0.05, 0) is 35.6 Å². The number of benzene rings is 1. The first-order valence-corrected chi connectivity index (χ1v) is 7.60. The summed E-state index contributed by atoms with van der Waals surface area (Å²) in [5, 5.41) is 0. The van der Waals surface area contributed by atoms with Gasteiger partial charge in [0.25, 0.3) is 0 Å². The predicted octanol–water partition coefficient (Wildman–Crippen LogP) is 4.65. The third-order valence-corrected chi connectivity index (χ3v) is 3.84. The molecule has 1 aromatic heterocycles. The maximum Gasteiger partial charge on any atom is 0.224 e. The normalized spacial score (nSPS) is 11.2. The van der Waals surface area contributed by atoms with Gasteiger partial charge >= 0.3 is 0 Å². The summed E-state index contributed by atoms with van der Waals surface area (Å²) >= 11 is 0. The van der Waals surface area contributed by atoms with Crippen molar-refractivity contribution in [3.8, 4) is 5.88 Å². The van der Waals surface area contributed by atoms with Crippen LogP contribution in [0.5, 0.6) is 5.88 Å². The number of methoxy groups -OCH3 is 1. The second-order valence-corrected chi connectivity index (χ2v) is 6.62. The Morgan fingerprint density at radius 3 is 2.17 bits per heavy atom. The molecule has 23 heavy (non-hydrogen) atoms. The molecule has 2 rings (SSSR count). The first-order valence-electron chi connectivity index (χ1n) is 7.60. The number of carbonyl (C=O) groups excluding carboxylic acids is 1. The van der Waals surface area contributed by atoms with Crippen LogP contribution >= 0.6 is 0 Å². The molecule has 1 aromatic carbocycles. The molecule has 0 N–H and O–H groups in total. The number of hydrogen-bond donors (Lipinski definition) is 0. The fraction of sp³-hybridized carbons (Fsp3) is 0.300. The van der Waals surface area contributed by atoms with Crippen LogP contribution in [0.3, 0.4) is 0 Å². The minimum atomic E-state index is -0.0685. The van der Waals surface area contributed by atoms with E-state index in [9.17, 15) is 4.79 Å². The number of nitrogens with zero attached hydrogens (tertiary/aromatic N) is 1. The largest absolute Gasteiger partial charge is 0.480 e. The van der Waals surface area contributed by atoms with Crippen LogP contribution in [0.1, 0.15) is 54.9 Å². The van der Waals surface area contributed by atoms with E-state index in [0.29, 0.717) is 17.1 Å². The topological polar surface area (TPSA) is 39.2 Å². The molecule has 0 unspecified atom stereocenters. The molecule has 0 spiro atoms. The van der Waals surface area contributed by atoms with Crippen molar-refractivity contribution in [1.82, 2.24) is 4.98 Å². The second kappa shape index (κ2) is 6.37.